The molecule has 0 aromatic rings. The molecule has 0 spiro atoms. The minimum Gasteiger partial charge on any atom is -0.364 e. The Labute approximate surface area is 106 Å². The smallest absolute Gasteiger partial charge is 0.186 e. The van der Waals surface area contributed by atoms with Gasteiger partial charge in [-0.2, -0.15) is 10.2 Å². The maximum Gasteiger partial charge on any atom is 0.186 e. The SMILES string of the molecule is CNC(=S)NN=C(C)C(C)=NNC(=S)NC. The summed E-state index contributed by atoms with van der Waals surface area (Å²) in [7, 11) is 3.43. The summed E-state index contributed by atoms with van der Waals surface area (Å²) in [6.45, 7) is 3.63. The molecular formula is C8H16N6S2. The van der Waals surface area contributed by atoms with Crippen molar-refractivity contribution in [3.05, 3.63) is 0 Å². The molecule has 0 aromatic carbocycles. The van der Waals surface area contributed by atoms with Crippen LogP contribution in [0.5, 0.6) is 0 Å². The molecule has 16 heavy (non-hydrogen) atoms. The predicted molar refractivity (Wildman–Crippen MR) is 75.8 cm³/mol. The molecule has 0 saturated heterocycles. The summed E-state index contributed by atoms with van der Waals surface area (Å²) >= 11 is 9.74. The van der Waals surface area contributed by atoms with Crippen molar-refractivity contribution in [1.82, 2.24) is 21.5 Å². The van der Waals surface area contributed by atoms with Gasteiger partial charge >= 0.3 is 0 Å². The van der Waals surface area contributed by atoms with Crippen LogP contribution in [0.3, 0.4) is 0 Å². The lowest BCUT2D eigenvalue weighted by atomic mass is 10.3. The Bertz CT molecular complexity index is 290. The lowest BCUT2D eigenvalue weighted by molar-refractivity contribution is 0.965. The normalized spacial score (nSPS) is 11.8. The van der Waals surface area contributed by atoms with Crippen LogP contribution in [-0.4, -0.2) is 35.7 Å². The molecule has 0 radical (unpaired) electrons. The van der Waals surface area contributed by atoms with Crippen LogP contribution in [0.25, 0.3) is 0 Å². The van der Waals surface area contributed by atoms with Gasteiger partial charge in [-0.3, -0.25) is 10.9 Å². The van der Waals surface area contributed by atoms with Gasteiger partial charge in [0.05, 0.1) is 11.4 Å². The van der Waals surface area contributed by atoms with Gasteiger partial charge in [0.25, 0.3) is 0 Å². The van der Waals surface area contributed by atoms with Crippen molar-refractivity contribution in [2.75, 3.05) is 14.1 Å². The van der Waals surface area contributed by atoms with E-state index in [1.807, 2.05) is 13.8 Å². The Hall–Kier alpha value is -1.28. The van der Waals surface area contributed by atoms with E-state index >= 15 is 0 Å². The van der Waals surface area contributed by atoms with Crippen LogP contribution in [0.1, 0.15) is 13.8 Å². The molecule has 0 aromatic heterocycles. The van der Waals surface area contributed by atoms with E-state index in [-0.39, 0.29) is 0 Å². The fraction of sp³-hybridized carbons (Fsp3) is 0.500. The molecule has 0 aliphatic carbocycles. The first kappa shape index (κ1) is 14.7. The highest BCUT2D eigenvalue weighted by Gasteiger charge is 1.97. The van der Waals surface area contributed by atoms with E-state index in [0.29, 0.717) is 21.6 Å². The van der Waals surface area contributed by atoms with Crippen LogP contribution < -0.4 is 21.5 Å². The molecule has 0 aliphatic heterocycles. The molecule has 0 amide bonds. The van der Waals surface area contributed by atoms with Crippen molar-refractivity contribution in [3.8, 4) is 0 Å². The van der Waals surface area contributed by atoms with Crippen LogP contribution in [-0.2, 0) is 0 Å². The standard InChI is InChI=1S/C8H16N6S2/c1-5(11-13-7(15)9-3)6(2)12-14-8(16)10-4/h1-4H3,(H2,9,13,15)(H2,10,14,16). The first-order valence-electron chi connectivity index (χ1n) is 4.55. The largest absolute Gasteiger partial charge is 0.364 e. The van der Waals surface area contributed by atoms with Crippen LogP contribution in [0.4, 0.5) is 0 Å². The minimum absolute atomic E-state index is 0.450. The second-order valence-corrected chi connectivity index (χ2v) is 3.59. The van der Waals surface area contributed by atoms with Crippen LogP contribution in [0.2, 0.25) is 0 Å². The molecule has 8 heteroatoms. The topological polar surface area (TPSA) is 72.8 Å². The second kappa shape index (κ2) is 7.94. The Balaban J connectivity index is 4.30. The van der Waals surface area contributed by atoms with Crippen molar-refractivity contribution in [2.45, 2.75) is 13.8 Å². The van der Waals surface area contributed by atoms with Gasteiger partial charge < -0.3 is 10.6 Å². The van der Waals surface area contributed by atoms with Crippen LogP contribution in [0, 0.1) is 0 Å². The van der Waals surface area contributed by atoms with Crippen LogP contribution in [0.15, 0.2) is 10.2 Å². The van der Waals surface area contributed by atoms with Gasteiger partial charge in [0.15, 0.2) is 10.2 Å². The van der Waals surface area contributed by atoms with Crippen LogP contribution >= 0.6 is 24.4 Å². The van der Waals surface area contributed by atoms with E-state index in [1.54, 1.807) is 14.1 Å². The lowest BCUT2D eigenvalue weighted by Gasteiger charge is -2.05. The second-order valence-electron chi connectivity index (χ2n) is 2.78. The maximum atomic E-state index is 4.87. The van der Waals surface area contributed by atoms with Gasteiger partial charge in [-0.1, -0.05) is 0 Å². The van der Waals surface area contributed by atoms with Gasteiger partial charge in [0, 0.05) is 14.1 Å². The minimum atomic E-state index is 0.450. The third-order valence-corrected chi connectivity index (χ3v) is 2.22. The number of rotatable bonds is 3. The third kappa shape index (κ3) is 6.25. The summed E-state index contributed by atoms with van der Waals surface area (Å²) in [5.41, 5.74) is 6.76. The van der Waals surface area contributed by atoms with E-state index in [2.05, 4.69) is 31.7 Å². The highest BCUT2D eigenvalue weighted by Crippen LogP contribution is 1.82. The van der Waals surface area contributed by atoms with Gasteiger partial charge in [-0.25, -0.2) is 0 Å². The highest BCUT2D eigenvalue weighted by molar-refractivity contribution is 7.80. The number of hydrogen-bond acceptors (Lipinski definition) is 4. The summed E-state index contributed by atoms with van der Waals surface area (Å²) in [5, 5.41) is 14.4. The maximum absolute atomic E-state index is 4.87. The van der Waals surface area contributed by atoms with E-state index in [4.69, 9.17) is 24.4 Å². The number of hydrogen-bond donors (Lipinski definition) is 4. The fourth-order valence-corrected chi connectivity index (χ4v) is 0.634. The van der Waals surface area contributed by atoms with Crippen molar-refractivity contribution < 1.29 is 0 Å². The molecule has 0 unspecified atom stereocenters. The van der Waals surface area contributed by atoms with E-state index in [0.717, 1.165) is 0 Å². The molecule has 0 aliphatic rings. The zero-order chi connectivity index (χ0) is 12.6. The summed E-state index contributed by atoms with van der Waals surface area (Å²) in [6.07, 6.45) is 0. The molecule has 4 N–H and O–H groups in total. The van der Waals surface area contributed by atoms with Gasteiger partial charge in [0.1, 0.15) is 0 Å². The molecule has 0 bridgehead atoms. The molecule has 0 atom stereocenters. The Morgan fingerprint density at radius 1 is 0.812 bits per heavy atom. The van der Waals surface area contributed by atoms with E-state index in [1.165, 1.54) is 0 Å². The van der Waals surface area contributed by atoms with E-state index < -0.39 is 0 Å². The lowest BCUT2D eigenvalue weighted by Crippen LogP contribution is -2.31. The summed E-state index contributed by atoms with van der Waals surface area (Å²) in [4.78, 5) is 0. The van der Waals surface area contributed by atoms with Gasteiger partial charge in [0.2, 0.25) is 0 Å². The first-order chi connectivity index (χ1) is 7.51. The zero-order valence-electron chi connectivity index (χ0n) is 9.71. The van der Waals surface area contributed by atoms with E-state index in [9.17, 15) is 0 Å². The third-order valence-electron chi connectivity index (χ3n) is 1.63. The molecule has 90 valence electrons. The van der Waals surface area contributed by atoms with Crippen molar-refractivity contribution in [1.29, 1.82) is 0 Å². The number of nitrogens with zero attached hydrogens (tertiary/aromatic N) is 2. The van der Waals surface area contributed by atoms with Crippen molar-refractivity contribution in [3.63, 3.8) is 0 Å². The zero-order valence-corrected chi connectivity index (χ0v) is 11.3. The number of thiocarbonyl (C=S) groups is 2. The average Bonchev–Trinajstić information content (AvgIpc) is 2.31. The quantitative estimate of drug-likeness (QED) is 0.323. The predicted octanol–water partition coefficient (Wildman–Crippen LogP) is -0.0740. The Kier molecular flexibility index (Phi) is 7.31. The Morgan fingerprint density at radius 2 is 1.12 bits per heavy atom. The fourth-order valence-electron chi connectivity index (χ4n) is 0.543. The Morgan fingerprint density at radius 3 is 1.38 bits per heavy atom. The highest BCUT2D eigenvalue weighted by atomic mass is 32.1. The number of hydrazone groups is 2. The summed E-state index contributed by atoms with van der Waals surface area (Å²) in [6, 6.07) is 0. The average molecular weight is 260 g/mol. The molecular weight excluding hydrogens is 244 g/mol. The molecule has 0 fully saturated rings. The molecule has 0 saturated carbocycles. The molecule has 0 rings (SSSR count). The van der Waals surface area contributed by atoms with Gasteiger partial charge in [-0.15, -0.1) is 0 Å². The molecule has 6 nitrogen and oxygen atoms in total. The monoisotopic (exact) mass is 260 g/mol. The summed E-state index contributed by atoms with van der Waals surface area (Å²) < 4.78 is 0. The van der Waals surface area contributed by atoms with Gasteiger partial charge in [-0.05, 0) is 38.3 Å². The van der Waals surface area contributed by atoms with Crippen molar-refractivity contribution in [2.24, 2.45) is 10.2 Å². The first-order valence-corrected chi connectivity index (χ1v) is 5.37. The van der Waals surface area contributed by atoms with Crippen molar-refractivity contribution >= 4 is 46.1 Å². The number of nitrogens with one attached hydrogen (secondary N) is 4. The molecule has 0 heterocycles. The summed E-state index contributed by atoms with van der Waals surface area (Å²) in [5.74, 6) is 0.